The summed E-state index contributed by atoms with van der Waals surface area (Å²) in [7, 11) is 0. The van der Waals surface area contributed by atoms with Crippen LogP contribution < -0.4 is 10.6 Å². The number of anilines is 1. The summed E-state index contributed by atoms with van der Waals surface area (Å²) in [4.78, 5) is 0. The van der Waals surface area contributed by atoms with Crippen molar-refractivity contribution in [2.75, 3.05) is 18.4 Å². The quantitative estimate of drug-likeness (QED) is 0.697. The molecule has 2 unspecified atom stereocenters. The fourth-order valence-corrected chi connectivity index (χ4v) is 3.39. The molecule has 2 heterocycles. The van der Waals surface area contributed by atoms with Crippen molar-refractivity contribution in [2.24, 2.45) is 5.92 Å². The number of benzene rings is 1. The molecule has 0 bridgehead atoms. The average Bonchev–Trinajstić information content (AvgIpc) is 2.34. The molecule has 0 aliphatic carbocycles. The van der Waals surface area contributed by atoms with Crippen LogP contribution in [-0.2, 0) is 5.54 Å². The highest BCUT2D eigenvalue weighted by atomic mass is 15.0. The highest BCUT2D eigenvalue weighted by Gasteiger charge is 2.42. The van der Waals surface area contributed by atoms with Crippen LogP contribution in [0.2, 0.25) is 0 Å². The van der Waals surface area contributed by atoms with Crippen LogP contribution in [-0.4, -0.2) is 13.1 Å². The van der Waals surface area contributed by atoms with E-state index in [0.29, 0.717) is 0 Å². The second-order valence-electron chi connectivity index (χ2n) is 5.16. The Morgan fingerprint density at radius 2 is 2.12 bits per heavy atom. The number of hydrogen-bond donors (Lipinski definition) is 2. The van der Waals surface area contributed by atoms with Crippen LogP contribution >= 0.6 is 0 Å². The van der Waals surface area contributed by atoms with Crippen LogP contribution in [0.15, 0.2) is 24.3 Å². The number of nitrogens with one attached hydrogen (secondary N) is 2. The molecule has 0 radical (unpaired) electrons. The molecule has 2 aliphatic heterocycles. The van der Waals surface area contributed by atoms with Gasteiger partial charge in [-0.2, -0.15) is 0 Å². The lowest BCUT2D eigenvalue weighted by molar-refractivity contribution is 0.158. The lowest BCUT2D eigenvalue weighted by atomic mass is 9.70. The van der Waals surface area contributed by atoms with Gasteiger partial charge in [-0.1, -0.05) is 25.1 Å². The largest absolute Gasteiger partial charge is 0.385 e. The predicted molar refractivity (Wildman–Crippen MR) is 67.6 cm³/mol. The number of hydrogen-bond acceptors (Lipinski definition) is 2. The van der Waals surface area contributed by atoms with Crippen LogP contribution in [0.25, 0.3) is 0 Å². The number of fused-ring (bicyclic) bond motifs is 2. The Bertz CT molecular complexity index is 388. The highest BCUT2D eigenvalue weighted by Crippen LogP contribution is 2.43. The first-order chi connectivity index (χ1) is 7.83. The fraction of sp³-hybridized carbons (Fsp3) is 0.571. The van der Waals surface area contributed by atoms with Crippen molar-refractivity contribution in [3.05, 3.63) is 29.8 Å². The first kappa shape index (κ1) is 10.2. The third-order valence-corrected chi connectivity index (χ3v) is 4.34. The van der Waals surface area contributed by atoms with Gasteiger partial charge in [0.2, 0.25) is 0 Å². The van der Waals surface area contributed by atoms with Gasteiger partial charge >= 0.3 is 0 Å². The van der Waals surface area contributed by atoms with Crippen molar-refractivity contribution in [1.29, 1.82) is 0 Å². The topological polar surface area (TPSA) is 24.1 Å². The summed E-state index contributed by atoms with van der Waals surface area (Å²) >= 11 is 0. The van der Waals surface area contributed by atoms with Crippen LogP contribution in [0, 0.1) is 5.92 Å². The first-order valence-corrected chi connectivity index (χ1v) is 6.41. The van der Waals surface area contributed by atoms with Crippen molar-refractivity contribution in [2.45, 2.75) is 31.7 Å². The molecule has 0 saturated carbocycles. The fourth-order valence-electron chi connectivity index (χ4n) is 3.39. The number of rotatable bonds is 0. The van der Waals surface area contributed by atoms with Gasteiger partial charge in [0, 0.05) is 17.8 Å². The Labute approximate surface area is 97.4 Å². The summed E-state index contributed by atoms with van der Waals surface area (Å²) < 4.78 is 0. The van der Waals surface area contributed by atoms with Gasteiger partial charge in [0.25, 0.3) is 0 Å². The van der Waals surface area contributed by atoms with E-state index in [1.54, 1.807) is 0 Å². The zero-order valence-electron chi connectivity index (χ0n) is 9.92. The Morgan fingerprint density at radius 1 is 1.25 bits per heavy atom. The summed E-state index contributed by atoms with van der Waals surface area (Å²) in [5.41, 5.74) is 3.04. The van der Waals surface area contributed by atoms with E-state index in [9.17, 15) is 0 Å². The molecule has 1 spiro atoms. The molecule has 0 aromatic heterocycles. The zero-order valence-corrected chi connectivity index (χ0v) is 9.92. The van der Waals surface area contributed by atoms with Crippen LogP contribution in [0.3, 0.4) is 0 Å². The molecule has 2 aliphatic rings. The van der Waals surface area contributed by atoms with Gasteiger partial charge in [-0.25, -0.2) is 0 Å². The molecular formula is C14H20N2. The second kappa shape index (κ2) is 3.77. The maximum Gasteiger partial charge on any atom is 0.0497 e. The summed E-state index contributed by atoms with van der Waals surface area (Å²) in [5, 5.41) is 7.32. The van der Waals surface area contributed by atoms with Crippen LogP contribution in [0.5, 0.6) is 0 Å². The maximum atomic E-state index is 3.80. The Kier molecular flexibility index (Phi) is 2.40. The minimum absolute atomic E-state index is 0.236. The van der Waals surface area contributed by atoms with Gasteiger partial charge in [-0.3, -0.25) is 0 Å². The first-order valence-electron chi connectivity index (χ1n) is 6.41. The summed E-state index contributed by atoms with van der Waals surface area (Å²) in [6.07, 6.45) is 3.88. The van der Waals surface area contributed by atoms with E-state index in [-0.39, 0.29) is 5.54 Å². The Morgan fingerprint density at radius 3 is 3.00 bits per heavy atom. The summed E-state index contributed by atoms with van der Waals surface area (Å²) in [6, 6.07) is 8.78. The average molecular weight is 216 g/mol. The Balaban J connectivity index is 2.08. The molecule has 16 heavy (non-hydrogen) atoms. The third kappa shape index (κ3) is 1.36. The standard InChI is InChI=1S/C14H20N2/c1-11-5-4-9-16-14(11)8-10-15-13-7-3-2-6-12(13)14/h2-3,6-7,11,15-16H,4-5,8-10H2,1H3. The van der Waals surface area contributed by atoms with E-state index >= 15 is 0 Å². The SMILES string of the molecule is CC1CCCNC12CCNc1ccccc12. The molecule has 2 nitrogen and oxygen atoms in total. The maximum absolute atomic E-state index is 3.80. The molecule has 86 valence electrons. The molecule has 1 aromatic carbocycles. The van der Waals surface area contributed by atoms with E-state index < -0.39 is 0 Å². The van der Waals surface area contributed by atoms with E-state index in [0.717, 1.165) is 12.5 Å². The molecule has 2 heteroatoms. The zero-order chi connectivity index (χ0) is 11.0. The van der Waals surface area contributed by atoms with Crippen molar-refractivity contribution in [1.82, 2.24) is 5.32 Å². The molecule has 2 atom stereocenters. The summed E-state index contributed by atoms with van der Waals surface area (Å²) in [5.74, 6) is 0.740. The van der Waals surface area contributed by atoms with Gasteiger partial charge in [-0.05, 0) is 43.4 Å². The normalized spacial score (nSPS) is 33.2. The van der Waals surface area contributed by atoms with Crippen molar-refractivity contribution < 1.29 is 0 Å². The molecule has 1 aromatic rings. The molecule has 2 N–H and O–H groups in total. The predicted octanol–water partition coefficient (Wildman–Crippen LogP) is 2.72. The minimum Gasteiger partial charge on any atom is -0.385 e. The van der Waals surface area contributed by atoms with Crippen LogP contribution in [0.1, 0.15) is 31.7 Å². The smallest absolute Gasteiger partial charge is 0.0497 e. The van der Waals surface area contributed by atoms with Crippen LogP contribution in [0.4, 0.5) is 5.69 Å². The monoisotopic (exact) mass is 216 g/mol. The third-order valence-electron chi connectivity index (χ3n) is 4.34. The second-order valence-corrected chi connectivity index (χ2v) is 5.16. The molecule has 1 fully saturated rings. The number of para-hydroxylation sites is 1. The van der Waals surface area contributed by atoms with Crippen molar-refractivity contribution >= 4 is 5.69 Å². The summed E-state index contributed by atoms with van der Waals surface area (Å²) in [6.45, 7) is 4.65. The van der Waals surface area contributed by atoms with Crippen molar-refractivity contribution in [3.8, 4) is 0 Å². The van der Waals surface area contributed by atoms with Gasteiger partial charge in [0.1, 0.15) is 0 Å². The minimum atomic E-state index is 0.236. The van der Waals surface area contributed by atoms with E-state index in [1.165, 1.54) is 37.1 Å². The molecular weight excluding hydrogens is 196 g/mol. The molecule has 0 amide bonds. The van der Waals surface area contributed by atoms with E-state index in [2.05, 4.69) is 41.8 Å². The molecule has 3 rings (SSSR count). The van der Waals surface area contributed by atoms with E-state index in [1.807, 2.05) is 0 Å². The lowest BCUT2D eigenvalue weighted by Crippen LogP contribution is -2.54. The Hall–Kier alpha value is -1.02. The van der Waals surface area contributed by atoms with Gasteiger partial charge in [0.05, 0.1) is 0 Å². The highest BCUT2D eigenvalue weighted by molar-refractivity contribution is 5.57. The lowest BCUT2D eigenvalue weighted by Gasteiger charge is -2.47. The van der Waals surface area contributed by atoms with E-state index in [4.69, 9.17) is 0 Å². The van der Waals surface area contributed by atoms with Gasteiger partial charge in [0.15, 0.2) is 0 Å². The molecule has 1 saturated heterocycles. The van der Waals surface area contributed by atoms with Gasteiger partial charge < -0.3 is 10.6 Å². The van der Waals surface area contributed by atoms with Crippen molar-refractivity contribution in [3.63, 3.8) is 0 Å². The van der Waals surface area contributed by atoms with Gasteiger partial charge in [-0.15, -0.1) is 0 Å². The number of piperidine rings is 1.